The highest BCUT2D eigenvalue weighted by Gasteiger charge is 2.10. The number of hydrogen-bond acceptors (Lipinski definition) is 0. The summed E-state index contributed by atoms with van der Waals surface area (Å²) in [7, 11) is 0. The molecule has 0 atom stereocenters. The summed E-state index contributed by atoms with van der Waals surface area (Å²) in [5, 5.41) is 0.812. The second-order valence-electron chi connectivity index (χ2n) is 4.27. The van der Waals surface area contributed by atoms with E-state index in [1.54, 1.807) is 0 Å². The van der Waals surface area contributed by atoms with E-state index in [-0.39, 0.29) is 0 Å². The Hall–Kier alpha value is -1.08. The lowest BCUT2D eigenvalue weighted by Crippen LogP contribution is -2.05. The summed E-state index contributed by atoms with van der Waals surface area (Å²) in [6, 6.07) is 8.29. The molecule has 2 rings (SSSR count). The standard InChI is InChI=1S/C14H17ClN/c1-12-4-6-13(7-5-12)14(15)8-11-16-9-2-3-10-16/h4-8,11H,2-3,9-10H2,1H3/q+1/b14-8-. The van der Waals surface area contributed by atoms with E-state index in [2.05, 4.69) is 42.0 Å². The SMILES string of the molecule is Cc1ccc(/C(Cl)=C/C=[N+]2CCCC2)cc1. The van der Waals surface area contributed by atoms with Crippen molar-refractivity contribution in [3.05, 3.63) is 41.5 Å². The Bertz CT molecular complexity index is 407. The van der Waals surface area contributed by atoms with Gasteiger partial charge in [0, 0.05) is 18.9 Å². The van der Waals surface area contributed by atoms with Gasteiger partial charge in [0.2, 0.25) is 0 Å². The first-order valence-electron chi connectivity index (χ1n) is 5.77. The Morgan fingerprint density at radius 1 is 1.19 bits per heavy atom. The third-order valence-electron chi connectivity index (χ3n) is 2.90. The van der Waals surface area contributed by atoms with Gasteiger partial charge in [-0.05, 0) is 12.5 Å². The molecule has 1 aromatic rings. The van der Waals surface area contributed by atoms with Crippen molar-refractivity contribution in [2.45, 2.75) is 19.8 Å². The van der Waals surface area contributed by atoms with Crippen molar-refractivity contribution in [3.8, 4) is 0 Å². The van der Waals surface area contributed by atoms with Crippen LogP contribution in [0.2, 0.25) is 0 Å². The quantitative estimate of drug-likeness (QED) is 0.690. The maximum atomic E-state index is 6.24. The molecule has 0 aromatic heterocycles. The average molecular weight is 235 g/mol. The number of nitrogens with zero attached hydrogens (tertiary/aromatic N) is 1. The molecule has 1 nitrogen and oxygen atoms in total. The molecule has 1 aliphatic rings. The molecule has 0 radical (unpaired) electrons. The first kappa shape index (κ1) is 11.4. The number of rotatable bonds is 2. The van der Waals surface area contributed by atoms with E-state index in [1.807, 2.05) is 6.08 Å². The van der Waals surface area contributed by atoms with Crippen LogP contribution in [0.25, 0.3) is 5.03 Å². The van der Waals surface area contributed by atoms with Crippen molar-refractivity contribution in [3.63, 3.8) is 0 Å². The number of hydrogen-bond donors (Lipinski definition) is 0. The minimum atomic E-state index is 0.812. The van der Waals surface area contributed by atoms with Crippen LogP contribution in [0.15, 0.2) is 30.3 Å². The molecule has 0 bridgehead atoms. The Morgan fingerprint density at radius 3 is 2.44 bits per heavy atom. The summed E-state index contributed by atoms with van der Waals surface area (Å²) in [4.78, 5) is 0. The number of benzene rings is 1. The van der Waals surface area contributed by atoms with E-state index >= 15 is 0 Å². The highest BCUT2D eigenvalue weighted by Crippen LogP contribution is 2.18. The van der Waals surface area contributed by atoms with Crippen LogP contribution in [0, 0.1) is 6.92 Å². The fraction of sp³-hybridized carbons (Fsp3) is 0.357. The van der Waals surface area contributed by atoms with Gasteiger partial charge in [0.15, 0.2) is 6.21 Å². The molecule has 0 unspecified atom stereocenters. The Balaban J connectivity index is 2.11. The first-order valence-corrected chi connectivity index (χ1v) is 6.15. The van der Waals surface area contributed by atoms with Crippen molar-refractivity contribution in [1.29, 1.82) is 0 Å². The summed E-state index contributed by atoms with van der Waals surface area (Å²) >= 11 is 6.24. The lowest BCUT2D eigenvalue weighted by atomic mass is 10.1. The normalized spacial score (nSPS) is 16.6. The van der Waals surface area contributed by atoms with E-state index in [1.165, 1.54) is 18.4 Å². The van der Waals surface area contributed by atoms with Crippen LogP contribution in [0.3, 0.4) is 0 Å². The predicted molar refractivity (Wildman–Crippen MR) is 70.3 cm³/mol. The zero-order valence-electron chi connectivity index (χ0n) is 9.62. The third-order valence-corrected chi connectivity index (χ3v) is 3.24. The Kier molecular flexibility index (Phi) is 3.79. The van der Waals surface area contributed by atoms with Gasteiger partial charge in [-0.25, -0.2) is 4.58 Å². The number of allylic oxidation sites excluding steroid dienone is 1. The van der Waals surface area contributed by atoms with Crippen LogP contribution < -0.4 is 0 Å². The van der Waals surface area contributed by atoms with Gasteiger partial charge >= 0.3 is 0 Å². The van der Waals surface area contributed by atoms with E-state index in [9.17, 15) is 0 Å². The van der Waals surface area contributed by atoms with Gasteiger partial charge in [-0.1, -0.05) is 41.4 Å². The van der Waals surface area contributed by atoms with Crippen LogP contribution in [-0.4, -0.2) is 23.9 Å². The van der Waals surface area contributed by atoms with Gasteiger partial charge < -0.3 is 0 Å². The molecular weight excluding hydrogens is 218 g/mol. The first-order chi connectivity index (χ1) is 7.75. The van der Waals surface area contributed by atoms with Crippen molar-refractivity contribution < 1.29 is 4.58 Å². The summed E-state index contributed by atoms with van der Waals surface area (Å²) in [5.74, 6) is 0. The van der Waals surface area contributed by atoms with Gasteiger partial charge in [-0.15, -0.1) is 0 Å². The molecule has 2 heteroatoms. The van der Waals surface area contributed by atoms with Crippen LogP contribution in [0.5, 0.6) is 0 Å². The molecule has 84 valence electrons. The van der Waals surface area contributed by atoms with Gasteiger partial charge in [-0.2, -0.15) is 0 Å². The molecular formula is C14H17ClN+. The van der Waals surface area contributed by atoms with Crippen molar-refractivity contribution in [2.75, 3.05) is 13.1 Å². The smallest absolute Gasteiger partial charge is 0.164 e. The molecule has 0 saturated carbocycles. The van der Waals surface area contributed by atoms with Crippen LogP contribution in [0.4, 0.5) is 0 Å². The number of aryl methyl sites for hydroxylation is 1. The summed E-state index contributed by atoms with van der Waals surface area (Å²) in [6.07, 6.45) is 6.70. The zero-order chi connectivity index (χ0) is 11.4. The van der Waals surface area contributed by atoms with Crippen molar-refractivity contribution in [1.82, 2.24) is 0 Å². The minimum absolute atomic E-state index is 0.812. The van der Waals surface area contributed by atoms with E-state index in [4.69, 9.17) is 11.6 Å². The zero-order valence-corrected chi connectivity index (χ0v) is 10.4. The molecule has 1 heterocycles. The molecule has 1 aliphatic heterocycles. The van der Waals surface area contributed by atoms with E-state index in [0.717, 1.165) is 23.7 Å². The Labute approximate surface area is 102 Å². The molecule has 0 amide bonds. The predicted octanol–water partition coefficient (Wildman–Crippen LogP) is 3.45. The van der Waals surface area contributed by atoms with Crippen molar-refractivity contribution >= 4 is 22.8 Å². The second-order valence-corrected chi connectivity index (χ2v) is 4.68. The maximum absolute atomic E-state index is 6.24. The number of halogens is 1. The monoisotopic (exact) mass is 234 g/mol. The van der Waals surface area contributed by atoms with Gasteiger partial charge in [0.1, 0.15) is 13.1 Å². The lowest BCUT2D eigenvalue weighted by Gasteiger charge is -1.98. The summed E-state index contributed by atoms with van der Waals surface area (Å²) in [6.45, 7) is 4.40. The summed E-state index contributed by atoms with van der Waals surface area (Å²) in [5.41, 5.74) is 2.35. The average Bonchev–Trinajstić information content (AvgIpc) is 2.80. The minimum Gasteiger partial charge on any atom is -0.236 e. The topological polar surface area (TPSA) is 3.01 Å². The second kappa shape index (κ2) is 5.31. The van der Waals surface area contributed by atoms with Gasteiger partial charge in [-0.3, -0.25) is 0 Å². The molecule has 1 saturated heterocycles. The highest BCUT2D eigenvalue weighted by atomic mass is 35.5. The van der Waals surface area contributed by atoms with Crippen LogP contribution in [-0.2, 0) is 0 Å². The molecule has 0 spiro atoms. The van der Waals surface area contributed by atoms with Crippen molar-refractivity contribution in [2.24, 2.45) is 0 Å². The molecule has 16 heavy (non-hydrogen) atoms. The highest BCUT2D eigenvalue weighted by molar-refractivity contribution is 6.49. The molecule has 0 N–H and O–H groups in total. The molecule has 1 fully saturated rings. The van der Waals surface area contributed by atoms with Crippen LogP contribution >= 0.6 is 11.6 Å². The van der Waals surface area contributed by atoms with E-state index in [0.29, 0.717) is 0 Å². The van der Waals surface area contributed by atoms with Crippen LogP contribution in [0.1, 0.15) is 24.0 Å². The van der Waals surface area contributed by atoms with Gasteiger partial charge in [0.25, 0.3) is 0 Å². The Morgan fingerprint density at radius 2 is 1.81 bits per heavy atom. The largest absolute Gasteiger partial charge is 0.236 e. The fourth-order valence-electron chi connectivity index (χ4n) is 1.87. The molecule has 1 aromatic carbocycles. The van der Waals surface area contributed by atoms with Gasteiger partial charge in [0.05, 0.1) is 5.03 Å². The fourth-order valence-corrected chi connectivity index (χ4v) is 2.05. The maximum Gasteiger partial charge on any atom is 0.164 e. The molecule has 0 aliphatic carbocycles. The lowest BCUT2D eigenvalue weighted by molar-refractivity contribution is -0.500. The third kappa shape index (κ3) is 2.96. The summed E-state index contributed by atoms with van der Waals surface area (Å²) < 4.78 is 2.32. The van der Waals surface area contributed by atoms with E-state index < -0.39 is 0 Å².